The Hall–Kier alpha value is -3.42. The summed E-state index contributed by atoms with van der Waals surface area (Å²) < 4.78 is 4.48. The second kappa shape index (κ2) is 6.88. The Morgan fingerprint density at radius 2 is 2.00 bits per heavy atom. The van der Waals surface area contributed by atoms with E-state index in [1.54, 1.807) is 18.1 Å². The molecule has 0 amide bonds. The van der Waals surface area contributed by atoms with Gasteiger partial charge in [-0.3, -0.25) is 18.5 Å². The fourth-order valence-corrected chi connectivity index (χ4v) is 3.76. The van der Waals surface area contributed by atoms with Crippen LogP contribution in [0, 0.1) is 6.92 Å². The van der Waals surface area contributed by atoms with Crippen molar-refractivity contribution in [3.63, 3.8) is 0 Å². The molecule has 0 saturated carbocycles. The molecule has 0 bridgehead atoms. The van der Waals surface area contributed by atoms with Crippen molar-refractivity contribution in [2.45, 2.75) is 39.9 Å². The molecule has 0 spiro atoms. The maximum absolute atomic E-state index is 13.2. The third kappa shape index (κ3) is 2.91. The van der Waals surface area contributed by atoms with Gasteiger partial charge in [-0.05, 0) is 26.3 Å². The average Bonchev–Trinajstić information content (AvgIpc) is 3.09. The molecule has 4 rings (SSSR count). The Morgan fingerprint density at radius 1 is 1.24 bits per heavy atom. The van der Waals surface area contributed by atoms with Gasteiger partial charge in [-0.1, -0.05) is 35.9 Å². The third-order valence-corrected chi connectivity index (χ3v) is 5.39. The SMILES string of the molecule is C=CCn1c(=O)c2c(nc3n2C(C)C(C)=NN3Cc2cccc(C)c2)n(C)c1=O. The van der Waals surface area contributed by atoms with E-state index < -0.39 is 5.69 Å². The number of anilines is 1. The van der Waals surface area contributed by atoms with Crippen LogP contribution in [0.5, 0.6) is 0 Å². The van der Waals surface area contributed by atoms with Gasteiger partial charge in [0.05, 0.1) is 18.3 Å². The van der Waals surface area contributed by atoms with Crippen LogP contribution in [0.3, 0.4) is 0 Å². The highest BCUT2D eigenvalue weighted by atomic mass is 16.2. The molecule has 0 aliphatic carbocycles. The normalized spacial score (nSPS) is 16.1. The van der Waals surface area contributed by atoms with Crippen LogP contribution in [-0.2, 0) is 20.1 Å². The third-order valence-electron chi connectivity index (χ3n) is 5.39. The zero-order valence-corrected chi connectivity index (χ0v) is 17.1. The monoisotopic (exact) mass is 392 g/mol. The molecule has 29 heavy (non-hydrogen) atoms. The first-order valence-electron chi connectivity index (χ1n) is 9.54. The fraction of sp³-hybridized carbons (Fsp3) is 0.333. The Balaban J connectivity index is 1.97. The molecule has 2 aromatic heterocycles. The molecule has 1 atom stereocenters. The number of hydrogen-bond acceptors (Lipinski definition) is 5. The van der Waals surface area contributed by atoms with Gasteiger partial charge in [-0.15, -0.1) is 6.58 Å². The first-order chi connectivity index (χ1) is 13.8. The zero-order valence-electron chi connectivity index (χ0n) is 17.1. The van der Waals surface area contributed by atoms with Gasteiger partial charge in [0, 0.05) is 13.6 Å². The number of benzene rings is 1. The van der Waals surface area contributed by atoms with E-state index in [0.29, 0.717) is 23.7 Å². The molecule has 8 heteroatoms. The van der Waals surface area contributed by atoms with Crippen molar-refractivity contribution < 1.29 is 0 Å². The lowest BCUT2D eigenvalue weighted by molar-refractivity contribution is 0.629. The van der Waals surface area contributed by atoms with Crippen LogP contribution >= 0.6 is 0 Å². The Morgan fingerprint density at radius 3 is 2.69 bits per heavy atom. The van der Waals surface area contributed by atoms with E-state index in [1.807, 2.05) is 43.5 Å². The summed E-state index contributed by atoms with van der Waals surface area (Å²) in [4.78, 5) is 30.5. The molecule has 3 heterocycles. The van der Waals surface area contributed by atoms with Crippen molar-refractivity contribution in [1.82, 2.24) is 18.7 Å². The highest BCUT2D eigenvalue weighted by molar-refractivity contribution is 5.91. The zero-order chi connectivity index (χ0) is 20.9. The molecule has 8 nitrogen and oxygen atoms in total. The quantitative estimate of drug-likeness (QED) is 0.639. The van der Waals surface area contributed by atoms with E-state index in [0.717, 1.165) is 16.8 Å². The highest BCUT2D eigenvalue weighted by Crippen LogP contribution is 2.30. The second-order valence-corrected chi connectivity index (χ2v) is 7.46. The minimum Gasteiger partial charge on any atom is -0.294 e. The highest BCUT2D eigenvalue weighted by Gasteiger charge is 2.30. The second-order valence-electron chi connectivity index (χ2n) is 7.46. The molecule has 1 aliphatic heterocycles. The van der Waals surface area contributed by atoms with Gasteiger partial charge in [-0.2, -0.15) is 10.1 Å². The van der Waals surface area contributed by atoms with Crippen LogP contribution in [0.4, 0.5) is 5.95 Å². The molecule has 0 radical (unpaired) electrons. The number of hydrogen-bond donors (Lipinski definition) is 0. The number of aromatic nitrogens is 4. The van der Waals surface area contributed by atoms with E-state index in [1.165, 1.54) is 9.13 Å². The van der Waals surface area contributed by atoms with Crippen LogP contribution in [0.15, 0.2) is 51.6 Å². The van der Waals surface area contributed by atoms with E-state index in [-0.39, 0.29) is 18.1 Å². The molecule has 150 valence electrons. The van der Waals surface area contributed by atoms with Crippen LogP contribution in [0.2, 0.25) is 0 Å². The van der Waals surface area contributed by atoms with Crippen molar-refractivity contribution in [3.8, 4) is 0 Å². The van der Waals surface area contributed by atoms with E-state index in [2.05, 4.69) is 17.6 Å². The summed E-state index contributed by atoms with van der Waals surface area (Å²) in [6, 6.07) is 8.04. The molecular weight excluding hydrogens is 368 g/mol. The summed E-state index contributed by atoms with van der Waals surface area (Å²) >= 11 is 0. The van der Waals surface area contributed by atoms with Crippen LogP contribution in [0.25, 0.3) is 11.2 Å². The van der Waals surface area contributed by atoms with Gasteiger partial charge in [0.1, 0.15) is 0 Å². The van der Waals surface area contributed by atoms with Gasteiger partial charge < -0.3 is 0 Å². The molecule has 0 N–H and O–H groups in total. The van der Waals surface area contributed by atoms with Crippen molar-refractivity contribution in [1.29, 1.82) is 0 Å². The number of rotatable bonds is 4. The number of nitrogens with zero attached hydrogens (tertiary/aromatic N) is 6. The number of hydrazone groups is 1. The predicted molar refractivity (Wildman–Crippen MR) is 115 cm³/mol. The van der Waals surface area contributed by atoms with Crippen molar-refractivity contribution in [2.75, 3.05) is 5.01 Å². The maximum Gasteiger partial charge on any atom is 0.332 e. The standard InChI is InChI=1S/C21H24N6O2/c1-6-10-25-19(28)17-18(24(5)21(25)29)22-20-26(23-14(3)15(4)27(17)20)12-16-9-7-8-13(2)11-16/h6-9,11,15H,1,10,12H2,2-5H3. The Kier molecular flexibility index (Phi) is 4.49. The average molecular weight is 392 g/mol. The van der Waals surface area contributed by atoms with Crippen molar-refractivity contribution >= 4 is 22.8 Å². The number of aryl methyl sites for hydroxylation is 2. The van der Waals surface area contributed by atoms with Gasteiger partial charge in [-0.25, -0.2) is 9.80 Å². The van der Waals surface area contributed by atoms with Gasteiger partial charge >= 0.3 is 5.69 Å². The van der Waals surface area contributed by atoms with E-state index in [4.69, 9.17) is 5.10 Å². The van der Waals surface area contributed by atoms with Gasteiger partial charge in [0.25, 0.3) is 5.56 Å². The molecule has 1 unspecified atom stereocenters. The summed E-state index contributed by atoms with van der Waals surface area (Å²) in [7, 11) is 1.63. The lowest BCUT2D eigenvalue weighted by atomic mass is 10.1. The lowest BCUT2D eigenvalue weighted by Crippen LogP contribution is -2.40. The topological polar surface area (TPSA) is 77.4 Å². The minimum absolute atomic E-state index is 0.147. The number of fused-ring (bicyclic) bond motifs is 3. The predicted octanol–water partition coefficient (Wildman–Crippen LogP) is 2.35. The first-order valence-corrected chi connectivity index (χ1v) is 9.54. The van der Waals surface area contributed by atoms with Crippen molar-refractivity contribution in [3.05, 3.63) is 68.9 Å². The largest absolute Gasteiger partial charge is 0.332 e. The minimum atomic E-state index is -0.409. The molecule has 3 aromatic rings. The first kappa shape index (κ1) is 18.9. The van der Waals surface area contributed by atoms with E-state index >= 15 is 0 Å². The lowest BCUT2D eigenvalue weighted by Gasteiger charge is -2.29. The molecule has 1 aliphatic rings. The maximum atomic E-state index is 13.2. The fourth-order valence-electron chi connectivity index (χ4n) is 3.76. The van der Waals surface area contributed by atoms with Crippen molar-refractivity contribution in [2.24, 2.45) is 12.1 Å². The molecule has 0 fully saturated rings. The Bertz CT molecular complexity index is 1280. The summed E-state index contributed by atoms with van der Waals surface area (Å²) in [5.41, 5.74) is 3.12. The van der Waals surface area contributed by atoms with Gasteiger partial charge in [0.15, 0.2) is 11.2 Å². The van der Waals surface area contributed by atoms with Crippen LogP contribution in [-0.4, -0.2) is 24.4 Å². The number of imidazole rings is 1. The smallest absolute Gasteiger partial charge is 0.294 e. The van der Waals surface area contributed by atoms with Crippen LogP contribution in [0.1, 0.15) is 31.0 Å². The molecule has 1 aromatic carbocycles. The summed E-state index contributed by atoms with van der Waals surface area (Å²) in [6.45, 7) is 10.3. The summed E-state index contributed by atoms with van der Waals surface area (Å²) in [6.07, 6.45) is 1.54. The van der Waals surface area contributed by atoms with Gasteiger partial charge in [0.2, 0.25) is 5.95 Å². The Labute approximate surface area is 168 Å². The van der Waals surface area contributed by atoms with E-state index in [9.17, 15) is 9.59 Å². The van der Waals surface area contributed by atoms with Crippen LogP contribution < -0.4 is 16.3 Å². The summed E-state index contributed by atoms with van der Waals surface area (Å²) in [5, 5.41) is 6.52. The molecular formula is C21H24N6O2. The molecule has 0 saturated heterocycles. The summed E-state index contributed by atoms with van der Waals surface area (Å²) in [5.74, 6) is 0.558. The number of allylic oxidation sites excluding steroid dienone is 1.